The van der Waals surface area contributed by atoms with Crippen molar-refractivity contribution >= 4 is 12.0 Å². The molecule has 0 amide bonds. The number of nitrogens with zero attached hydrogens (tertiary/aromatic N) is 1. The van der Waals surface area contributed by atoms with Gasteiger partial charge in [-0.3, -0.25) is 0 Å². The minimum Gasteiger partial charge on any atom is -0.346 e. The van der Waals surface area contributed by atoms with E-state index in [9.17, 15) is 0 Å². The lowest BCUT2D eigenvalue weighted by atomic mass is 9.99. The van der Waals surface area contributed by atoms with Gasteiger partial charge >= 0.3 is 0 Å². The Morgan fingerprint density at radius 1 is 1.04 bits per heavy atom. The van der Waals surface area contributed by atoms with E-state index < -0.39 is 0 Å². The van der Waals surface area contributed by atoms with Crippen molar-refractivity contribution in [3.8, 4) is 34.7 Å². The number of terminal acetylenes is 1. The van der Waals surface area contributed by atoms with E-state index in [1.165, 1.54) is 0 Å². The molecule has 0 saturated heterocycles. The Morgan fingerprint density at radius 2 is 1.78 bits per heavy atom. The summed E-state index contributed by atoms with van der Waals surface area (Å²) in [5.74, 6) is 7.75. The molecule has 0 unspecified atom stereocenters. The summed E-state index contributed by atoms with van der Waals surface area (Å²) in [6.45, 7) is 0. The zero-order chi connectivity index (χ0) is 16.1. The molecule has 5 nitrogen and oxygen atoms in total. The van der Waals surface area contributed by atoms with Crippen LogP contribution in [0.15, 0.2) is 64.0 Å². The van der Waals surface area contributed by atoms with Gasteiger partial charge in [-0.15, -0.1) is 15.7 Å². The fraction of sp³-hybridized carbons (Fsp3) is 0. The second-order valence-corrected chi connectivity index (χ2v) is 5.29. The smallest absolute Gasteiger partial charge is 0.217 e. The minimum atomic E-state index is 0.394. The molecule has 3 rings (SSSR count). The van der Waals surface area contributed by atoms with Crippen molar-refractivity contribution < 1.29 is 13.8 Å². The van der Waals surface area contributed by atoms with Gasteiger partial charge in [-0.05, 0) is 23.6 Å². The Labute approximate surface area is 137 Å². The van der Waals surface area contributed by atoms with Gasteiger partial charge < -0.3 is 4.52 Å². The third-order valence-corrected chi connectivity index (χ3v) is 3.79. The SMILES string of the molecule is C#Cc1onc(-c2ccccc2)c1-c1ccc(SOON)cc1. The van der Waals surface area contributed by atoms with Gasteiger partial charge in [0.1, 0.15) is 5.69 Å². The predicted molar refractivity (Wildman–Crippen MR) is 87.5 cm³/mol. The van der Waals surface area contributed by atoms with Crippen molar-refractivity contribution in [1.82, 2.24) is 5.16 Å². The van der Waals surface area contributed by atoms with Gasteiger partial charge in [0.25, 0.3) is 0 Å². The maximum absolute atomic E-state index is 5.54. The van der Waals surface area contributed by atoms with E-state index in [0.29, 0.717) is 11.5 Å². The molecule has 0 aliphatic heterocycles. The number of rotatable bonds is 5. The summed E-state index contributed by atoms with van der Waals surface area (Å²) in [7, 11) is 0. The first kappa shape index (κ1) is 15.3. The second kappa shape index (κ2) is 7.13. The molecule has 1 heterocycles. The second-order valence-electron chi connectivity index (χ2n) is 4.52. The van der Waals surface area contributed by atoms with Crippen LogP contribution in [0.4, 0.5) is 0 Å². The van der Waals surface area contributed by atoms with Crippen LogP contribution in [-0.4, -0.2) is 5.16 Å². The monoisotopic (exact) mass is 324 g/mol. The Kier molecular flexibility index (Phi) is 4.76. The quantitative estimate of drug-likeness (QED) is 0.333. The third kappa shape index (κ3) is 3.28. The highest BCUT2D eigenvalue weighted by Crippen LogP contribution is 2.35. The molecule has 0 aliphatic rings. The number of hydrogen-bond donors (Lipinski definition) is 1. The van der Waals surface area contributed by atoms with Crippen molar-refractivity contribution in [3.63, 3.8) is 0 Å². The summed E-state index contributed by atoms with van der Waals surface area (Å²) in [6, 6.07) is 17.3. The van der Waals surface area contributed by atoms with Crippen LogP contribution in [0.3, 0.4) is 0 Å². The molecule has 114 valence electrons. The lowest BCUT2D eigenvalue weighted by Gasteiger charge is -2.04. The van der Waals surface area contributed by atoms with Gasteiger partial charge in [0.05, 0.1) is 17.6 Å². The first-order valence-corrected chi connectivity index (χ1v) is 7.40. The van der Waals surface area contributed by atoms with Gasteiger partial charge in [0.15, 0.2) is 0 Å². The topological polar surface area (TPSA) is 70.5 Å². The van der Waals surface area contributed by atoms with Crippen molar-refractivity contribution in [3.05, 3.63) is 60.4 Å². The van der Waals surface area contributed by atoms with E-state index in [2.05, 4.69) is 20.4 Å². The number of benzene rings is 2. The molecule has 0 spiro atoms. The molecule has 0 bridgehead atoms. The fourth-order valence-electron chi connectivity index (χ4n) is 2.19. The summed E-state index contributed by atoms with van der Waals surface area (Å²) in [5, 5.41) is 4.12. The first-order chi connectivity index (χ1) is 11.3. The molecule has 23 heavy (non-hydrogen) atoms. The normalized spacial score (nSPS) is 10.4. The molecule has 2 N–H and O–H groups in total. The van der Waals surface area contributed by atoms with E-state index in [1.54, 1.807) is 0 Å². The van der Waals surface area contributed by atoms with Crippen LogP contribution in [0.5, 0.6) is 0 Å². The molecule has 2 aromatic carbocycles. The Balaban J connectivity index is 2.02. The van der Waals surface area contributed by atoms with Gasteiger partial charge in [0.2, 0.25) is 5.76 Å². The molecule has 0 aliphatic carbocycles. The van der Waals surface area contributed by atoms with E-state index in [-0.39, 0.29) is 0 Å². The van der Waals surface area contributed by atoms with Gasteiger partial charge in [-0.25, -0.2) is 0 Å². The lowest BCUT2D eigenvalue weighted by Crippen LogP contribution is -1.93. The highest BCUT2D eigenvalue weighted by Gasteiger charge is 2.18. The molecule has 0 fully saturated rings. The Morgan fingerprint density at radius 3 is 2.43 bits per heavy atom. The predicted octanol–water partition coefficient (Wildman–Crippen LogP) is 3.82. The van der Waals surface area contributed by atoms with Crippen LogP contribution in [0.1, 0.15) is 5.76 Å². The van der Waals surface area contributed by atoms with Crippen LogP contribution in [0.25, 0.3) is 22.4 Å². The number of nitrogens with two attached hydrogens (primary N) is 1. The Hall–Kier alpha value is -2.56. The minimum absolute atomic E-state index is 0.394. The summed E-state index contributed by atoms with van der Waals surface area (Å²) < 4.78 is 9.92. The lowest BCUT2D eigenvalue weighted by molar-refractivity contribution is -0.195. The van der Waals surface area contributed by atoms with Crippen LogP contribution < -0.4 is 5.90 Å². The Bertz CT molecular complexity index is 823. The molecule has 0 atom stereocenters. The van der Waals surface area contributed by atoms with Gasteiger partial charge in [-0.2, -0.15) is 5.90 Å². The molecule has 6 heteroatoms. The maximum Gasteiger partial charge on any atom is 0.217 e. The summed E-state index contributed by atoms with van der Waals surface area (Å²) in [4.78, 5) is 4.91. The fourth-order valence-corrected chi connectivity index (χ4v) is 2.55. The standard InChI is InChI=1S/C17H12N2O3S/c1-2-15-16(12-8-10-14(11-9-12)23-22-21-18)17(19-20-15)13-6-4-3-5-7-13/h1,3-11H,18H2. The summed E-state index contributed by atoms with van der Waals surface area (Å²) >= 11 is 1.01. The highest BCUT2D eigenvalue weighted by atomic mass is 32.2. The molecule has 0 radical (unpaired) electrons. The van der Waals surface area contributed by atoms with Gasteiger partial charge in [-0.1, -0.05) is 47.6 Å². The van der Waals surface area contributed by atoms with E-state index in [0.717, 1.165) is 33.6 Å². The van der Waals surface area contributed by atoms with E-state index >= 15 is 0 Å². The van der Waals surface area contributed by atoms with Crippen LogP contribution in [-0.2, 0) is 9.32 Å². The number of hydrogen-bond acceptors (Lipinski definition) is 6. The average molecular weight is 324 g/mol. The highest BCUT2D eigenvalue weighted by molar-refractivity contribution is 7.94. The van der Waals surface area contributed by atoms with Crippen molar-refractivity contribution in [2.75, 3.05) is 0 Å². The van der Waals surface area contributed by atoms with Crippen LogP contribution in [0, 0.1) is 12.3 Å². The molecule has 0 saturated carbocycles. The first-order valence-electron chi connectivity index (χ1n) is 6.65. The number of aromatic nitrogens is 1. The van der Waals surface area contributed by atoms with E-state index in [4.69, 9.17) is 16.8 Å². The molecule has 3 aromatic rings. The largest absolute Gasteiger partial charge is 0.346 e. The zero-order valence-electron chi connectivity index (χ0n) is 11.9. The molecule has 1 aromatic heterocycles. The van der Waals surface area contributed by atoms with Crippen LogP contribution in [0.2, 0.25) is 0 Å². The van der Waals surface area contributed by atoms with Crippen molar-refractivity contribution in [2.45, 2.75) is 4.90 Å². The average Bonchev–Trinajstić information content (AvgIpc) is 3.05. The molecular weight excluding hydrogens is 312 g/mol. The van der Waals surface area contributed by atoms with Gasteiger partial charge in [0, 0.05) is 10.5 Å². The van der Waals surface area contributed by atoms with E-state index in [1.807, 2.05) is 54.6 Å². The summed E-state index contributed by atoms with van der Waals surface area (Å²) in [5.41, 5.74) is 3.33. The third-order valence-electron chi connectivity index (χ3n) is 3.18. The summed E-state index contributed by atoms with van der Waals surface area (Å²) in [6.07, 6.45) is 5.54. The zero-order valence-corrected chi connectivity index (χ0v) is 12.7. The molecular formula is C17H12N2O3S. The van der Waals surface area contributed by atoms with Crippen molar-refractivity contribution in [1.29, 1.82) is 0 Å². The van der Waals surface area contributed by atoms with Crippen molar-refractivity contribution in [2.24, 2.45) is 5.90 Å². The maximum atomic E-state index is 5.54. The van der Waals surface area contributed by atoms with Crippen LogP contribution >= 0.6 is 12.0 Å².